The molecule has 3 aliphatic rings. The number of imide groups is 1. The van der Waals surface area contributed by atoms with E-state index in [2.05, 4.69) is 0 Å². The molecule has 2 fully saturated rings. The van der Waals surface area contributed by atoms with E-state index < -0.39 is 17.9 Å². The van der Waals surface area contributed by atoms with Crippen LogP contribution < -0.4 is 9.80 Å². The number of Topliss-reactive ketones (excluding diaryl/α,β-unsaturated/α-hetero) is 1. The topological polar surface area (TPSA) is 57.7 Å². The molecule has 0 bridgehead atoms. The third-order valence-corrected chi connectivity index (χ3v) is 6.37. The molecule has 7 heteroatoms. The lowest BCUT2D eigenvalue weighted by Gasteiger charge is -2.36. The smallest absolute Gasteiger partial charge is 0.240 e. The molecule has 2 aromatic carbocycles. The molecule has 0 aliphatic carbocycles. The first-order valence-corrected chi connectivity index (χ1v) is 10.0. The third-order valence-electron chi connectivity index (χ3n) is 5.94. The fraction of sp³-hybridized carbons (Fsp3) is 0.227. The van der Waals surface area contributed by atoms with Crippen LogP contribution >= 0.6 is 23.2 Å². The van der Waals surface area contributed by atoms with Crippen LogP contribution in [0.15, 0.2) is 48.5 Å². The molecule has 0 radical (unpaired) electrons. The normalized spacial score (nSPS) is 27.1. The molecule has 29 heavy (non-hydrogen) atoms. The Kier molecular flexibility index (Phi) is 4.09. The monoisotopic (exact) mass is 426 g/mol. The van der Waals surface area contributed by atoms with Crippen molar-refractivity contribution in [3.8, 4) is 0 Å². The standard InChI is InChI=1S/C22H16Cl2N2O3/c1-11(27)20-19-18(17-7-6-12-4-2-3-5-16(12)26(17)20)21(28)25(22(19)29)15-9-13(23)8-14(24)10-15/h2-10,17-20H,1H3/t17-,18-,19-,20-/m1/s1. The number of carbonyl (C=O) groups excluding carboxylic acids is 3. The maximum atomic E-state index is 13.4. The number of fused-ring (bicyclic) bond motifs is 5. The van der Waals surface area contributed by atoms with E-state index in [1.807, 2.05) is 41.3 Å². The summed E-state index contributed by atoms with van der Waals surface area (Å²) >= 11 is 12.2. The number of nitrogens with zero attached hydrogens (tertiary/aromatic N) is 2. The highest BCUT2D eigenvalue weighted by Gasteiger charge is 2.63. The molecule has 146 valence electrons. The highest BCUT2D eigenvalue weighted by Crippen LogP contribution is 2.49. The zero-order valence-corrected chi connectivity index (χ0v) is 16.9. The van der Waals surface area contributed by atoms with Crippen LogP contribution in [0.25, 0.3) is 6.08 Å². The van der Waals surface area contributed by atoms with Crippen LogP contribution in [0, 0.1) is 11.8 Å². The number of benzene rings is 2. The van der Waals surface area contributed by atoms with Crippen molar-refractivity contribution >= 4 is 58.3 Å². The van der Waals surface area contributed by atoms with Crippen LogP contribution in [0.5, 0.6) is 0 Å². The number of rotatable bonds is 2. The van der Waals surface area contributed by atoms with Crippen molar-refractivity contribution in [2.75, 3.05) is 9.80 Å². The van der Waals surface area contributed by atoms with Crippen molar-refractivity contribution in [1.29, 1.82) is 0 Å². The summed E-state index contributed by atoms with van der Waals surface area (Å²) in [6.07, 6.45) is 3.87. The molecule has 4 atom stereocenters. The van der Waals surface area contributed by atoms with Gasteiger partial charge in [0.1, 0.15) is 6.04 Å². The quantitative estimate of drug-likeness (QED) is 0.681. The molecule has 2 amide bonds. The predicted octanol–water partition coefficient (Wildman–Crippen LogP) is 3.97. The summed E-state index contributed by atoms with van der Waals surface area (Å²) in [7, 11) is 0. The van der Waals surface area contributed by atoms with Gasteiger partial charge in [-0.2, -0.15) is 0 Å². The molecular formula is C22H16Cl2N2O3. The van der Waals surface area contributed by atoms with Crippen LogP contribution in [0.1, 0.15) is 12.5 Å². The van der Waals surface area contributed by atoms with Crippen LogP contribution in [-0.2, 0) is 14.4 Å². The summed E-state index contributed by atoms with van der Waals surface area (Å²) in [4.78, 5) is 42.5. The first-order chi connectivity index (χ1) is 13.9. The Morgan fingerprint density at radius 1 is 0.966 bits per heavy atom. The van der Waals surface area contributed by atoms with Crippen molar-refractivity contribution in [2.45, 2.75) is 19.0 Å². The molecule has 5 nitrogen and oxygen atoms in total. The second-order valence-corrected chi connectivity index (χ2v) is 8.44. The minimum atomic E-state index is -0.751. The summed E-state index contributed by atoms with van der Waals surface area (Å²) < 4.78 is 0. The first-order valence-electron chi connectivity index (χ1n) is 9.28. The molecule has 3 heterocycles. The van der Waals surface area contributed by atoms with E-state index >= 15 is 0 Å². The Morgan fingerprint density at radius 3 is 2.31 bits per heavy atom. The van der Waals surface area contributed by atoms with Crippen LogP contribution in [0.3, 0.4) is 0 Å². The molecule has 2 aromatic rings. The molecule has 0 unspecified atom stereocenters. The molecule has 5 rings (SSSR count). The van der Waals surface area contributed by atoms with Gasteiger partial charge in [-0.05, 0) is 36.8 Å². The molecule has 0 spiro atoms. The fourth-order valence-corrected chi connectivity index (χ4v) is 5.41. The Bertz CT molecular complexity index is 1090. The molecule has 3 aliphatic heterocycles. The lowest BCUT2D eigenvalue weighted by molar-refractivity contribution is -0.126. The van der Waals surface area contributed by atoms with E-state index in [-0.39, 0.29) is 23.6 Å². The summed E-state index contributed by atoms with van der Waals surface area (Å²) in [6.45, 7) is 1.47. The van der Waals surface area contributed by atoms with Gasteiger partial charge < -0.3 is 4.90 Å². The maximum absolute atomic E-state index is 13.4. The minimum absolute atomic E-state index is 0.139. The van der Waals surface area contributed by atoms with Gasteiger partial charge in [-0.15, -0.1) is 0 Å². The Hall–Kier alpha value is -2.63. The van der Waals surface area contributed by atoms with Crippen LogP contribution in [0.4, 0.5) is 11.4 Å². The largest absolute Gasteiger partial charge is 0.353 e. The number of hydrogen-bond acceptors (Lipinski definition) is 4. The van der Waals surface area contributed by atoms with E-state index in [0.29, 0.717) is 15.7 Å². The average molecular weight is 427 g/mol. The molecule has 0 N–H and O–H groups in total. The average Bonchev–Trinajstić information content (AvgIpc) is 3.14. The lowest BCUT2D eigenvalue weighted by Crippen LogP contribution is -2.48. The van der Waals surface area contributed by atoms with Gasteiger partial charge >= 0.3 is 0 Å². The lowest BCUT2D eigenvalue weighted by atomic mass is 9.88. The van der Waals surface area contributed by atoms with Gasteiger partial charge in [0.2, 0.25) is 11.8 Å². The first kappa shape index (κ1) is 18.4. The zero-order chi connectivity index (χ0) is 20.4. The number of hydrogen-bond donors (Lipinski definition) is 0. The van der Waals surface area contributed by atoms with Crippen molar-refractivity contribution in [3.63, 3.8) is 0 Å². The number of carbonyl (C=O) groups is 3. The van der Waals surface area contributed by atoms with Gasteiger partial charge in [-0.1, -0.05) is 53.6 Å². The van der Waals surface area contributed by atoms with Crippen molar-refractivity contribution in [3.05, 3.63) is 64.1 Å². The Balaban J connectivity index is 1.63. The SMILES string of the molecule is CC(=O)[C@@H]1[C@@H]2C(=O)N(c3cc(Cl)cc(Cl)c3)C(=O)[C@@H]2[C@H]2C=Cc3ccccc3N21. The predicted molar refractivity (Wildman–Crippen MR) is 112 cm³/mol. The van der Waals surface area contributed by atoms with Crippen LogP contribution in [0.2, 0.25) is 10.0 Å². The van der Waals surface area contributed by atoms with Crippen molar-refractivity contribution < 1.29 is 14.4 Å². The van der Waals surface area contributed by atoms with E-state index in [1.165, 1.54) is 19.1 Å². The second kappa shape index (κ2) is 6.44. The van der Waals surface area contributed by atoms with Gasteiger partial charge in [0.05, 0.1) is 23.6 Å². The van der Waals surface area contributed by atoms with Crippen molar-refractivity contribution in [2.24, 2.45) is 11.8 Å². The molecular weight excluding hydrogens is 411 g/mol. The second-order valence-electron chi connectivity index (χ2n) is 7.56. The molecule has 0 saturated carbocycles. The number of ketones is 1. The van der Waals surface area contributed by atoms with Gasteiger partial charge in [-0.3, -0.25) is 14.4 Å². The number of amides is 2. The molecule has 0 aromatic heterocycles. The van der Waals surface area contributed by atoms with Crippen LogP contribution in [-0.4, -0.2) is 29.7 Å². The molecule has 2 saturated heterocycles. The summed E-state index contributed by atoms with van der Waals surface area (Å²) in [5.41, 5.74) is 2.17. The fourth-order valence-electron chi connectivity index (χ4n) is 4.90. The van der Waals surface area contributed by atoms with E-state index in [0.717, 1.165) is 16.2 Å². The Morgan fingerprint density at radius 2 is 1.62 bits per heavy atom. The van der Waals surface area contributed by atoms with Gasteiger partial charge in [-0.25, -0.2) is 4.90 Å². The highest BCUT2D eigenvalue weighted by atomic mass is 35.5. The van der Waals surface area contributed by atoms with E-state index in [9.17, 15) is 14.4 Å². The summed E-state index contributed by atoms with van der Waals surface area (Å²) in [5.74, 6) is -2.25. The van der Waals surface area contributed by atoms with Gasteiger partial charge in [0, 0.05) is 15.7 Å². The third kappa shape index (κ3) is 2.57. The number of anilines is 2. The minimum Gasteiger partial charge on any atom is -0.353 e. The Labute approximate surface area is 177 Å². The number of halogens is 2. The maximum Gasteiger partial charge on any atom is 0.240 e. The van der Waals surface area contributed by atoms with Gasteiger partial charge in [0.25, 0.3) is 0 Å². The van der Waals surface area contributed by atoms with E-state index in [1.54, 1.807) is 6.07 Å². The summed E-state index contributed by atoms with van der Waals surface area (Å²) in [5, 5.41) is 0.669. The van der Waals surface area contributed by atoms with Crippen molar-refractivity contribution in [1.82, 2.24) is 0 Å². The summed E-state index contributed by atoms with van der Waals surface area (Å²) in [6, 6.07) is 11.2. The van der Waals surface area contributed by atoms with Gasteiger partial charge in [0.15, 0.2) is 5.78 Å². The highest BCUT2D eigenvalue weighted by molar-refractivity contribution is 6.36. The zero-order valence-electron chi connectivity index (χ0n) is 15.4. The number of para-hydroxylation sites is 1. The van der Waals surface area contributed by atoms with E-state index in [4.69, 9.17) is 23.2 Å².